The normalized spacial score (nSPS) is 12.7. The van der Waals surface area contributed by atoms with Crippen molar-refractivity contribution in [1.29, 1.82) is 0 Å². The van der Waals surface area contributed by atoms with E-state index in [1.807, 2.05) is 44.2 Å². The Balaban J connectivity index is 1.84. The van der Waals surface area contributed by atoms with E-state index in [-0.39, 0.29) is 34.6 Å². The highest BCUT2D eigenvalue weighted by atomic mass is 35.5. The fraction of sp³-hybridized carbons (Fsp3) is 0.235. The van der Waals surface area contributed by atoms with Crippen LogP contribution >= 0.6 is 46.4 Å². The number of halogens is 4. The molecule has 0 aliphatic heterocycles. The lowest BCUT2D eigenvalue weighted by Crippen LogP contribution is -2.54. The molecule has 0 saturated heterocycles. The van der Waals surface area contributed by atoms with Crippen LogP contribution in [0.5, 0.6) is 0 Å². The molecule has 0 aromatic heterocycles. The van der Waals surface area contributed by atoms with Gasteiger partial charge in [0.25, 0.3) is 10.0 Å². The van der Waals surface area contributed by atoms with Gasteiger partial charge in [-0.2, -0.15) is 0 Å². The quantitative estimate of drug-likeness (QED) is 0.152. The molecule has 0 saturated carbocycles. The monoisotopic (exact) mass is 719 g/mol. The van der Waals surface area contributed by atoms with Crippen molar-refractivity contribution in [3.05, 3.63) is 128 Å². The van der Waals surface area contributed by atoms with E-state index in [1.54, 1.807) is 36.4 Å². The van der Waals surface area contributed by atoms with Crippen LogP contribution in [0.25, 0.3) is 0 Å². The van der Waals surface area contributed by atoms with Crippen LogP contribution in [-0.2, 0) is 32.6 Å². The largest absolute Gasteiger partial charge is 0.352 e. The minimum atomic E-state index is -4.32. The van der Waals surface area contributed by atoms with Gasteiger partial charge in [0.1, 0.15) is 12.6 Å². The number of nitrogens with zero attached hydrogens (tertiary/aromatic N) is 2. The Morgan fingerprint density at radius 1 is 0.804 bits per heavy atom. The van der Waals surface area contributed by atoms with Crippen LogP contribution in [0.1, 0.15) is 31.4 Å². The number of carbonyl (C=O) groups is 2. The lowest BCUT2D eigenvalue weighted by molar-refractivity contribution is -0.140. The first-order chi connectivity index (χ1) is 21.9. The molecule has 4 aromatic rings. The Bertz CT molecular complexity index is 1750. The maximum atomic E-state index is 14.6. The highest BCUT2D eigenvalue weighted by Crippen LogP contribution is 2.30. The van der Waals surface area contributed by atoms with E-state index < -0.39 is 34.4 Å². The maximum absolute atomic E-state index is 14.6. The van der Waals surface area contributed by atoms with Crippen molar-refractivity contribution in [3.63, 3.8) is 0 Å². The molecule has 4 rings (SSSR count). The summed E-state index contributed by atoms with van der Waals surface area (Å²) in [6.45, 7) is 2.99. The van der Waals surface area contributed by atoms with E-state index in [0.29, 0.717) is 27.1 Å². The fourth-order valence-corrected chi connectivity index (χ4v) is 6.98. The van der Waals surface area contributed by atoms with Gasteiger partial charge in [-0.1, -0.05) is 95.8 Å². The first-order valence-corrected chi connectivity index (χ1v) is 17.5. The second kappa shape index (κ2) is 16.0. The molecular formula is C34H33Cl4N3O4S. The average Bonchev–Trinajstić information content (AvgIpc) is 3.03. The van der Waals surface area contributed by atoms with Crippen molar-refractivity contribution >= 4 is 73.9 Å². The van der Waals surface area contributed by atoms with Crippen molar-refractivity contribution < 1.29 is 18.0 Å². The molecule has 0 aliphatic rings. The zero-order chi connectivity index (χ0) is 33.4. The number of hydrogen-bond donors (Lipinski definition) is 1. The van der Waals surface area contributed by atoms with Crippen LogP contribution in [0.2, 0.25) is 20.1 Å². The maximum Gasteiger partial charge on any atom is 0.264 e. The number of benzene rings is 4. The topological polar surface area (TPSA) is 86.8 Å². The van der Waals surface area contributed by atoms with E-state index in [2.05, 4.69) is 5.32 Å². The van der Waals surface area contributed by atoms with Gasteiger partial charge in [0.2, 0.25) is 11.8 Å². The summed E-state index contributed by atoms with van der Waals surface area (Å²) in [5, 5.41) is 4.21. The second-order valence-electron chi connectivity index (χ2n) is 10.7. The van der Waals surface area contributed by atoms with Crippen LogP contribution in [0, 0.1) is 0 Å². The first-order valence-electron chi connectivity index (χ1n) is 14.5. The molecule has 0 aliphatic carbocycles. The molecule has 4 aromatic carbocycles. The van der Waals surface area contributed by atoms with Crippen LogP contribution in [0.4, 0.5) is 5.69 Å². The van der Waals surface area contributed by atoms with Crippen LogP contribution in [0.15, 0.2) is 102 Å². The Kier molecular flexibility index (Phi) is 12.4. The van der Waals surface area contributed by atoms with Crippen molar-refractivity contribution in [2.45, 2.75) is 50.2 Å². The van der Waals surface area contributed by atoms with Crippen LogP contribution in [-0.4, -0.2) is 43.8 Å². The number of sulfonamides is 1. The average molecular weight is 722 g/mol. The summed E-state index contributed by atoms with van der Waals surface area (Å²) in [5.74, 6) is -1.06. The fourth-order valence-electron chi connectivity index (χ4n) is 4.74. The summed E-state index contributed by atoms with van der Waals surface area (Å²) in [6.07, 6.45) is 0.813. The Hall–Kier alpha value is -3.27. The number of amides is 2. The number of anilines is 1. The van der Waals surface area contributed by atoms with Gasteiger partial charge in [-0.05, 0) is 73.5 Å². The zero-order valence-corrected chi connectivity index (χ0v) is 29.0. The molecule has 0 radical (unpaired) electrons. The van der Waals surface area contributed by atoms with Crippen molar-refractivity contribution in [3.8, 4) is 0 Å². The molecule has 2 amide bonds. The number of rotatable bonds is 13. The summed E-state index contributed by atoms with van der Waals surface area (Å²) >= 11 is 25.4. The van der Waals surface area contributed by atoms with Crippen LogP contribution in [0.3, 0.4) is 0 Å². The Morgan fingerprint density at radius 3 is 2.04 bits per heavy atom. The SMILES string of the molecule is CC[C@@H](C)NC(=O)[C@@H](Cc1ccccc1)N(Cc1c(Cl)cccc1Cl)C(=O)CN(c1cccc(Cl)c1)S(=O)(=O)c1ccc(Cl)cc1. The molecule has 0 fully saturated rings. The first kappa shape index (κ1) is 35.6. The summed E-state index contributed by atoms with van der Waals surface area (Å²) < 4.78 is 29.2. The minimum absolute atomic E-state index is 0.0827. The van der Waals surface area contributed by atoms with E-state index in [4.69, 9.17) is 46.4 Å². The third kappa shape index (κ3) is 8.96. The second-order valence-corrected chi connectivity index (χ2v) is 14.2. The molecule has 46 heavy (non-hydrogen) atoms. The predicted octanol–water partition coefficient (Wildman–Crippen LogP) is 8.05. The van der Waals surface area contributed by atoms with Crippen molar-refractivity contribution in [2.75, 3.05) is 10.8 Å². The lowest BCUT2D eigenvalue weighted by atomic mass is 10.0. The predicted molar refractivity (Wildman–Crippen MR) is 186 cm³/mol. The third-order valence-corrected chi connectivity index (χ3v) is 10.4. The van der Waals surface area contributed by atoms with Gasteiger partial charge in [-0.15, -0.1) is 0 Å². The molecule has 7 nitrogen and oxygen atoms in total. The van der Waals surface area contributed by atoms with Crippen LogP contribution < -0.4 is 9.62 Å². The van der Waals surface area contributed by atoms with E-state index in [0.717, 1.165) is 9.87 Å². The van der Waals surface area contributed by atoms with Gasteiger partial charge < -0.3 is 10.2 Å². The standard InChI is InChI=1S/C34H33Cl4N3O4S/c1-3-23(2)39-34(43)32(19-24-9-5-4-6-10-24)40(21-29-30(37)13-8-14-31(29)38)33(42)22-41(27-12-7-11-26(36)20-27)46(44,45)28-17-15-25(35)16-18-28/h4-18,20,23,32H,3,19,21-22H2,1-2H3,(H,39,43)/t23-,32-/m1/s1. The Morgan fingerprint density at radius 2 is 1.43 bits per heavy atom. The van der Waals surface area contributed by atoms with E-state index in [9.17, 15) is 18.0 Å². The molecule has 0 heterocycles. The van der Waals surface area contributed by atoms with Gasteiger partial charge in [-0.3, -0.25) is 13.9 Å². The third-order valence-electron chi connectivity index (χ3n) is 7.44. The van der Waals surface area contributed by atoms with E-state index in [1.165, 1.54) is 35.2 Å². The van der Waals surface area contributed by atoms with Gasteiger partial charge in [-0.25, -0.2) is 8.42 Å². The van der Waals surface area contributed by atoms with E-state index >= 15 is 0 Å². The van der Waals surface area contributed by atoms with Crippen molar-refractivity contribution in [2.24, 2.45) is 0 Å². The highest BCUT2D eigenvalue weighted by molar-refractivity contribution is 7.92. The van der Waals surface area contributed by atoms with Gasteiger partial charge in [0, 0.05) is 44.7 Å². The highest BCUT2D eigenvalue weighted by Gasteiger charge is 2.35. The molecule has 2 atom stereocenters. The number of nitrogens with one attached hydrogen (secondary N) is 1. The molecule has 0 bridgehead atoms. The molecule has 0 unspecified atom stereocenters. The van der Waals surface area contributed by atoms with Crippen molar-refractivity contribution in [1.82, 2.24) is 10.2 Å². The molecule has 1 N–H and O–H groups in total. The summed E-state index contributed by atoms with van der Waals surface area (Å²) in [7, 11) is -4.32. The van der Waals surface area contributed by atoms with Gasteiger partial charge >= 0.3 is 0 Å². The Labute approximate surface area is 290 Å². The lowest BCUT2D eigenvalue weighted by Gasteiger charge is -2.34. The molecule has 242 valence electrons. The summed E-state index contributed by atoms with van der Waals surface area (Å²) in [4.78, 5) is 29.8. The molecule has 12 heteroatoms. The number of carbonyl (C=O) groups excluding carboxylic acids is 2. The molecular weight excluding hydrogens is 688 g/mol. The smallest absolute Gasteiger partial charge is 0.264 e. The zero-order valence-electron chi connectivity index (χ0n) is 25.2. The van der Waals surface area contributed by atoms with Gasteiger partial charge in [0.05, 0.1) is 10.6 Å². The minimum Gasteiger partial charge on any atom is -0.352 e. The summed E-state index contributed by atoms with van der Waals surface area (Å²) in [6, 6.07) is 24.8. The van der Waals surface area contributed by atoms with Gasteiger partial charge in [0.15, 0.2) is 0 Å². The molecule has 0 spiro atoms. The summed E-state index contributed by atoms with van der Waals surface area (Å²) in [5.41, 5.74) is 1.38. The number of hydrogen-bond acceptors (Lipinski definition) is 4.